The van der Waals surface area contributed by atoms with E-state index in [2.05, 4.69) is 4.90 Å². The fourth-order valence-electron chi connectivity index (χ4n) is 1.91. The predicted octanol–water partition coefficient (Wildman–Crippen LogP) is 1.22. The average molecular weight is 187 g/mol. The molecule has 1 heterocycles. The van der Waals surface area contributed by atoms with Crippen molar-refractivity contribution in [1.82, 2.24) is 4.90 Å². The SMILES string of the molecule is COC(CCCCO)N1CCCC1. The third-order valence-corrected chi connectivity index (χ3v) is 2.68. The second-order valence-corrected chi connectivity index (χ2v) is 3.65. The summed E-state index contributed by atoms with van der Waals surface area (Å²) in [6.45, 7) is 2.66. The van der Waals surface area contributed by atoms with E-state index in [0.29, 0.717) is 6.61 Å². The van der Waals surface area contributed by atoms with Gasteiger partial charge in [0.1, 0.15) is 6.23 Å². The molecule has 0 saturated carbocycles. The van der Waals surface area contributed by atoms with Crippen LogP contribution >= 0.6 is 0 Å². The van der Waals surface area contributed by atoms with E-state index >= 15 is 0 Å². The second-order valence-electron chi connectivity index (χ2n) is 3.65. The van der Waals surface area contributed by atoms with Crippen LogP contribution in [0.4, 0.5) is 0 Å². The topological polar surface area (TPSA) is 32.7 Å². The van der Waals surface area contributed by atoms with Crippen LogP contribution in [-0.4, -0.2) is 43.0 Å². The van der Waals surface area contributed by atoms with Crippen LogP contribution < -0.4 is 0 Å². The fraction of sp³-hybridized carbons (Fsp3) is 1.00. The number of hydrogen-bond donors (Lipinski definition) is 1. The summed E-state index contributed by atoms with van der Waals surface area (Å²) in [4.78, 5) is 2.40. The van der Waals surface area contributed by atoms with E-state index in [1.165, 1.54) is 25.9 Å². The van der Waals surface area contributed by atoms with Crippen LogP contribution in [0.15, 0.2) is 0 Å². The molecular weight excluding hydrogens is 166 g/mol. The zero-order valence-electron chi connectivity index (χ0n) is 8.54. The highest BCUT2D eigenvalue weighted by Gasteiger charge is 2.20. The van der Waals surface area contributed by atoms with Crippen LogP contribution in [0.1, 0.15) is 32.1 Å². The number of unbranched alkanes of at least 4 members (excludes halogenated alkanes) is 1. The summed E-state index contributed by atoms with van der Waals surface area (Å²) in [6.07, 6.45) is 5.91. The largest absolute Gasteiger partial charge is 0.396 e. The summed E-state index contributed by atoms with van der Waals surface area (Å²) in [5, 5.41) is 8.66. The van der Waals surface area contributed by atoms with Gasteiger partial charge in [0.25, 0.3) is 0 Å². The van der Waals surface area contributed by atoms with Gasteiger partial charge < -0.3 is 9.84 Å². The van der Waals surface area contributed by atoms with Crippen molar-refractivity contribution < 1.29 is 9.84 Å². The molecule has 13 heavy (non-hydrogen) atoms. The van der Waals surface area contributed by atoms with Gasteiger partial charge in [-0.3, -0.25) is 4.90 Å². The molecule has 3 nitrogen and oxygen atoms in total. The third-order valence-electron chi connectivity index (χ3n) is 2.68. The van der Waals surface area contributed by atoms with Gasteiger partial charge >= 0.3 is 0 Å². The Hall–Kier alpha value is -0.120. The number of ether oxygens (including phenoxy) is 1. The van der Waals surface area contributed by atoms with Crippen molar-refractivity contribution in [3.63, 3.8) is 0 Å². The molecule has 1 aliphatic heterocycles. The highest BCUT2D eigenvalue weighted by Crippen LogP contribution is 2.16. The Labute approximate surface area is 80.7 Å². The molecular formula is C10H21NO2. The highest BCUT2D eigenvalue weighted by atomic mass is 16.5. The maximum absolute atomic E-state index is 8.66. The Balaban J connectivity index is 2.16. The number of hydrogen-bond acceptors (Lipinski definition) is 3. The molecule has 1 saturated heterocycles. The smallest absolute Gasteiger partial charge is 0.110 e. The van der Waals surface area contributed by atoms with Crippen LogP contribution in [-0.2, 0) is 4.74 Å². The standard InChI is InChI=1S/C10H21NO2/c1-13-10(6-2-5-9-12)11-7-3-4-8-11/h10,12H,2-9H2,1H3. The lowest BCUT2D eigenvalue weighted by atomic mass is 10.2. The molecule has 0 amide bonds. The summed E-state index contributed by atoms with van der Waals surface area (Å²) in [5.74, 6) is 0. The maximum Gasteiger partial charge on any atom is 0.110 e. The van der Waals surface area contributed by atoms with Gasteiger partial charge in [-0.15, -0.1) is 0 Å². The van der Waals surface area contributed by atoms with E-state index in [1.807, 2.05) is 0 Å². The normalized spacial score (nSPS) is 20.8. The molecule has 0 spiro atoms. The third kappa shape index (κ3) is 3.63. The number of aliphatic hydroxyl groups is 1. The summed E-state index contributed by atoms with van der Waals surface area (Å²) in [5.41, 5.74) is 0. The lowest BCUT2D eigenvalue weighted by Crippen LogP contribution is -2.34. The summed E-state index contributed by atoms with van der Waals surface area (Å²) in [6, 6.07) is 0. The van der Waals surface area contributed by atoms with E-state index in [9.17, 15) is 0 Å². The van der Waals surface area contributed by atoms with Crippen molar-refractivity contribution in [2.45, 2.75) is 38.3 Å². The van der Waals surface area contributed by atoms with E-state index in [-0.39, 0.29) is 6.23 Å². The molecule has 1 fully saturated rings. The molecule has 0 aromatic rings. The van der Waals surface area contributed by atoms with Crippen molar-refractivity contribution >= 4 is 0 Å². The van der Waals surface area contributed by atoms with E-state index in [4.69, 9.17) is 9.84 Å². The number of methoxy groups -OCH3 is 1. The first-order valence-electron chi connectivity index (χ1n) is 5.26. The molecule has 1 aliphatic rings. The minimum atomic E-state index is 0.286. The summed E-state index contributed by atoms with van der Waals surface area (Å²) >= 11 is 0. The van der Waals surface area contributed by atoms with Crippen molar-refractivity contribution in [2.75, 3.05) is 26.8 Å². The minimum Gasteiger partial charge on any atom is -0.396 e. The molecule has 0 aliphatic carbocycles. The summed E-state index contributed by atoms with van der Waals surface area (Å²) in [7, 11) is 1.78. The van der Waals surface area contributed by atoms with Crippen molar-refractivity contribution in [3.05, 3.63) is 0 Å². The van der Waals surface area contributed by atoms with E-state index in [0.717, 1.165) is 19.3 Å². The zero-order valence-corrected chi connectivity index (χ0v) is 8.54. The molecule has 0 aromatic carbocycles. The number of rotatable bonds is 6. The van der Waals surface area contributed by atoms with Gasteiger partial charge in [0.15, 0.2) is 0 Å². The zero-order chi connectivity index (χ0) is 9.52. The van der Waals surface area contributed by atoms with Crippen molar-refractivity contribution in [2.24, 2.45) is 0 Å². The fourth-order valence-corrected chi connectivity index (χ4v) is 1.91. The molecule has 1 unspecified atom stereocenters. The van der Waals surface area contributed by atoms with Gasteiger partial charge in [-0.1, -0.05) is 0 Å². The number of nitrogens with zero attached hydrogens (tertiary/aromatic N) is 1. The molecule has 1 rings (SSSR count). The van der Waals surface area contributed by atoms with Crippen LogP contribution in [0.5, 0.6) is 0 Å². The Kier molecular flexibility index (Phi) is 5.35. The lowest BCUT2D eigenvalue weighted by molar-refractivity contribution is -0.0266. The predicted molar refractivity (Wildman–Crippen MR) is 52.5 cm³/mol. The van der Waals surface area contributed by atoms with Gasteiger partial charge in [-0.2, -0.15) is 0 Å². The van der Waals surface area contributed by atoms with Gasteiger partial charge in [-0.25, -0.2) is 0 Å². The summed E-state index contributed by atoms with van der Waals surface area (Å²) < 4.78 is 5.43. The molecule has 78 valence electrons. The Bertz CT molecular complexity index is 124. The minimum absolute atomic E-state index is 0.286. The first kappa shape index (κ1) is 11.0. The Morgan fingerprint density at radius 3 is 2.54 bits per heavy atom. The maximum atomic E-state index is 8.66. The van der Waals surface area contributed by atoms with Crippen LogP contribution in [0, 0.1) is 0 Å². The molecule has 0 aromatic heterocycles. The number of likely N-dealkylation sites (tertiary alicyclic amines) is 1. The highest BCUT2D eigenvalue weighted by molar-refractivity contribution is 4.69. The van der Waals surface area contributed by atoms with Crippen LogP contribution in [0.2, 0.25) is 0 Å². The second kappa shape index (κ2) is 6.35. The van der Waals surface area contributed by atoms with E-state index < -0.39 is 0 Å². The molecule has 0 radical (unpaired) electrons. The van der Waals surface area contributed by atoms with E-state index in [1.54, 1.807) is 7.11 Å². The van der Waals surface area contributed by atoms with Gasteiger partial charge in [0, 0.05) is 26.8 Å². The quantitative estimate of drug-likeness (QED) is 0.635. The van der Waals surface area contributed by atoms with Gasteiger partial charge in [-0.05, 0) is 32.1 Å². The van der Waals surface area contributed by atoms with Gasteiger partial charge in [0.2, 0.25) is 0 Å². The Morgan fingerprint density at radius 2 is 2.00 bits per heavy atom. The molecule has 3 heteroatoms. The van der Waals surface area contributed by atoms with Crippen LogP contribution in [0.25, 0.3) is 0 Å². The number of aliphatic hydroxyl groups excluding tert-OH is 1. The van der Waals surface area contributed by atoms with Crippen molar-refractivity contribution in [1.29, 1.82) is 0 Å². The van der Waals surface area contributed by atoms with Crippen molar-refractivity contribution in [3.8, 4) is 0 Å². The molecule has 1 atom stereocenters. The molecule has 0 bridgehead atoms. The van der Waals surface area contributed by atoms with Crippen LogP contribution in [0.3, 0.4) is 0 Å². The first-order valence-corrected chi connectivity index (χ1v) is 5.26. The molecule has 1 N–H and O–H groups in total. The monoisotopic (exact) mass is 187 g/mol. The van der Waals surface area contributed by atoms with Gasteiger partial charge in [0.05, 0.1) is 0 Å². The lowest BCUT2D eigenvalue weighted by Gasteiger charge is -2.25. The first-order chi connectivity index (χ1) is 6.38. The Morgan fingerprint density at radius 1 is 1.31 bits per heavy atom. The average Bonchev–Trinajstić information content (AvgIpc) is 2.65.